The number of anilines is 2. The maximum absolute atomic E-state index is 13.1. The quantitative estimate of drug-likeness (QED) is 0.537. The zero-order valence-corrected chi connectivity index (χ0v) is 20.9. The number of aliphatic hydroxyl groups is 1. The van der Waals surface area contributed by atoms with Crippen LogP contribution >= 0.6 is 11.3 Å². The first-order chi connectivity index (χ1) is 17.1. The Bertz CT molecular complexity index is 1150. The number of thiazole rings is 1. The van der Waals surface area contributed by atoms with Crippen LogP contribution in [-0.4, -0.2) is 74.1 Å². The van der Waals surface area contributed by atoms with E-state index in [-0.39, 0.29) is 18.1 Å². The third-order valence-corrected chi connectivity index (χ3v) is 8.13. The molecule has 2 aliphatic heterocycles. The van der Waals surface area contributed by atoms with Gasteiger partial charge in [0.05, 0.1) is 30.7 Å². The van der Waals surface area contributed by atoms with Gasteiger partial charge in [0, 0.05) is 38.2 Å². The number of amides is 2. The molecule has 0 saturated carbocycles. The largest absolute Gasteiger partial charge is 0.494 e. The number of carbonyl (C=O) groups is 1. The van der Waals surface area contributed by atoms with Gasteiger partial charge in [0.25, 0.3) is 0 Å². The van der Waals surface area contributed by atoms with Crippen LogP contribution in [-0.2, 0) is 11.2 Å². The summed E-state index contributed by atoms with van der Waals surface area (Å²) in [5.41, 5.74) is 2.89. The van der Waals surface area contributed by atoms with Gasteiger partial charge in [0.15, 0.2) is 5.13 Å². The lowest BCUT2D eigenvalue weighted by molar-refractivity contribution is 0.0575. The predicted molar refractivity (Wildman–Crippen MR) is 139 cm³/mol. The molecule has 0 unspecified atom stereocenters. The summed E-state index contributed by atoms with van der Waals surface area (Å²) in [7, 11) is 1.64. The highest BCUT2D eigenvalue weighted by Crippen LogP contribution is 2.40. The van der Waals surface area contributed by atoms with E-state index in [0.29, 0.717) is 37.2 Å². The number of hydrogen-bond donors (Lipinski definition) is 2. The van der Waals surface area contributed by atoms with Crippen LogP contribution in [0.3, 0.4) is 0 Å². The molecule has 2 aliphatic rings. The highest BCUT2D eigenvalue weighted by molar-refractivity contribution is 7.23. The van der Waals surface area contributed by atoms with Crippen LogP contribution in [0.2, 0.25) is 0 Å². The van der Waals surface area contributed by atoms with E-state index in [1.807, 2.05) is 29.2 Å². The van der Waals surface area contributed by atoms with Gasteiger partial charge in [0.1, 0.15) is 11.3 Å². The fourth-order valence-electron chi connectivity index (χ4n) is 5.02. The minimum Gasteiger partial charge on any atom is -0.494 e. The number of methoxy groups -OCH3 is 1. The van der Waals surface area contributed by atoms with Crippen molar-refractivity contribution in [3.8, 4) is 5.75 Å². The van der Waals surface area contributed by atoms with Crippen molar-refractivity contribution in [2.24, 2.45) is 5.41 Å². The average molecular weight is 497 g/mol. The van der Waals surface area contributed by atoms with E-state index >= 15 is 0 Å². The molecule has 2 fully saturated rings. The van der Waals surface area contributed by atoms with Crippen LogP contribution in [0.15, 0.2) is 42.5 Å². The highest BCUT2D eigenvalue weighted by Gasteiger charge is 2.36. The molecule has 2 N–H and O–H groups in total. The predicted octanol–water partition coefficient (Wildman–Crippen LogP) is 3.99. The number of carbonyl (C=O) groups excluding carboxylic acids is 1. The van der Waals surface area contributed by atoms with Crippen molar-refractivity contribution in [3.63, 3.8) is 0 Å². The minimum atomic E-state index is -0.186. The second-order valence-corrected chi connectivity index (χ2v) is 10.3. The Morgan fingerprint density at radius 2 is 1.89 bits per heavy atom. The molecule has 5 rings (SSSR count). The normalized spacial score (nSPS) is 18.0. The molecule has 0 radical (unpaired) electrons. The van der Waals surface area contributed by atoms with Crippen molar-refractivity contribution in [2.45, 2.75) is 19.3 Å². The zero-order chi connectivity index (χ0) is 24.3. The van der Waals surface area contributed by atoms with Gasteiger partial charge in [0.2, 0.25) is 0 Å². The van der Waals surface area contributed by atoms with E-state index in [1.165, 1.54) is 16.9 Å². The first-order valence-electron chi connectivity index (χ1n) is 12.1. The van der Waals surface area contributed by atoms with Crippen molar-refractivity contribution >= 4 is 38.4 Å². The topological polar surface area (TPSA) is 87.2 Å². The molecular weight excluding hydrogens is 464 g/mol. The molecule has 0 bridgehead atoms. The number of aliphatic hydroxyl groups excluding tert-OH is 1. The van der Waals surface area contributed by atoms with E-state index in [9.17, 15) is 9.90 Å². The first-order valence-corrected chi connectivity index (χ1v) is 12.9. The van der Waals surface area contributed by atoms with Gasteiger partial charge in [-0.15, -0.1) is 0 Å². The van der Waals surface area contributed by atoms with Crippen molar-refractivity contribution in [2.75, 3.05) is 63.3 Å². The van der Waals surface area contributed by atoms with Crippen molar-refractivity contribution in [3.05, 3.63) is 48.0 Å². The Labute approximate surface area is 209 Å². The van der Waals surface area contributed by atoms with Gasteiger partial charge < -0.3 is 24.4 Å². The number of piperidine rings is 1. The molecule has 2 aromatic carbocycles. The molecule has 0 aliphatic carbocycles. The molecule has 35 heavy (non-hydrogen) atoms. The van der Waals surface area contributed by atoms with Crippen molar-refractivity contribution in [1.82, 2.24) is 9.88 Å². The number of likely N-dealkylation sites (tertiary alicyclic amines) is 1. The van der Waals surface area contributed by atoms with Crippen LogP contribution < -0.4 is 15.0 Å². The van der Waals surface area contributed by atoms with E-state index < -0.39 is 0 Å². The second kappa shape index (κ2) is 10.4. The fourth-order valence-corrected chi connectivity index (χ4v) is 6.03. The van der Waals surface area contributed by atoms with Gasteiger partial charge in [-0.1, -0.05) is 41.7 Å². The Morgan fingerprint density at radius 1 is 1.14 bits per heavy atom. The summed E-state index contributed by atoms with van der Waals surface area (Å²) in [6.07, 6.45) is 2.35. The summed E-state index contributed by atoms with van der Waals surface area (Å²) in [6.45, 7) is 4.38. The highest BCUT2D eigenvalue weighted by atomic mass is 32.1. The van der Waals surface area contributed by atoms with Gasteiger partial charge in [-0.05, 0) is 37.0 Å². The van der Waals surface area contributed by atoms with E-state index in [2.05, 4.69) is 28.4 Å². The molecule has 2 saturated heterocycles. The fraction of sp³-hybridized carbons (Fsp3) is 0.462. The molecule has 3 aromatic rings. The summed E-state index contributed by atoms with van der Waals surface area (Å²) < 4.78 is 12.0. The van der Waals surface area contributed by atoms with Gasteiger partial charge in [-0.3, -0.25) is 5.32 Å². The van der Waals surface area contributed by atoms with Crippen LogP contribution in [0.1, 0.15) is 18.4 Å². The summed E-state index contributed by atoms with van der Waals surface area (Å²) in [6, 6.07) is 14.1. The number of urea groups is 1. The average Bonchev–Trinajstić information content (AvgIpc) is 3.33. The second-order valence-electron chi connectivity index (χ2n) is 9.32. The number of nitrogens with one attached hydrogen (secondary N) is 1. The number of morpholine rings is 1. The summed E-state index contributed by atoms with van der Waals surface area (Å²) in [5, 5.41) is 13.7. The Kier molecular flexibility index (Phi) is 7.08. The number of rotatable bonds is 6. The van der Waals surface area contributed by atoms with E-state index in [0.717, 1.165) is 48.3 Å². The molecule has 0 atom stereocenters. The lowest BCUT2D eigenvalue weighted by Gasteiger charge is -2.40. The molecule has 3 heterocycles. The van der Waals surface area contributed by atoms with Crippen molar-refractivity contribution < 1.29 is 19.4 Å². The van der Waals surface area contributed by atoms with Crippen LogP contribution in [0.25, 0.3) is 10.2 Å². The van der Waals surface area contributed by atoms with Crippen LogP contribution in [0.4, 0.5) is 15.6 Å². The Morgan fingerprint density at radius 3 is 2.57 bits per heavy atom. The molecule has 186 valence electrons. The van der Waals surface area contributed by atoms with Crippen LogP contribution in [0.5, 0.6) is 5.75 Å². The van der Waals surface area contributed by atoms with E-state index in [1.54, 1.807) is 7.11 Å². The number of hydrogen-bond acceptors (Lipinski definition) is 7. The maximum atomic E-state index is 13.1. The number of nitrogens with zero attached hydrogens (tertiary/aromatic N) is 3. The zero-order valence-electron chi connectivity index (χ0n) is 20.0. The van der Waals surface area contributed by atoms with Crippen molar-refractivity contribution in [1.29, 1.82) is 0 Å². The standard InChI is InChI=1S/C26H32N4O4S/c1-33-21-8-7-20(29-13-15-34-16-14-29)23-22(21)27-24(35-23)28-25(32)30-11-9-26(18-31,10-12-30)17-19-5-3-2-4-6-19/h2-8,31H,9-18H2,1H3,(H,27,28,32). The third kappa shape index (κ3) is 5.07. The Balaban J connectivity index is 1.28. The number of ether oxygens (including phenoxy) is 2. The monoisotopic (exact) mass is 496 g/mol. The SMILES string of the molecule is COc1ccc(N2CCOCC2)c2sc(NC(=O)N3CCC(CO)(Cc4ccccc4)CC3)nc12. The van der Waals surface area contributed by atoms with E-state index in [4.69, 9.17) is 14.5 Å². The summed E-state index contributed by atoms with van der Waals surface area (Å²) in [5.74, 6) is 0.695. The maximum Gasteiger partial charge on any atom is 0.323 e. The molecule has 0 spiro atoms. The van der Waals surface area contributed by atoms with Gasteiger partial charge in [-0.25, -0.2) is 9.78 Å². The summed E-state index contributed by atoms with van der Waals surface area (Å²) in [4.78, 5) is 21.9. The first kappa shape index (κ1) is 23.8. The Hall–Kier alpha value is -2.88. The van der Waals surface area contributed by atoms with Gasteiger partial charge >= 0.3 is 6.03 Å². The summed E-state index contributed by atoms with van der Waals surface area (Å²) >= 11 is 1.47. The molecule has 9 heteroatoms. The molecular formula is C26H32N4O4S. The molecule has 8 nitrogen and oxygen atoms in total. The molecule has 2 amide bonds. The third-order valence-electron chi connectivity index (χ3n) is 7.14. The minimum absolute atomic E-state index is 0.124. The van der Waals surface area contributed by atoms with Crippen LogP contribution in [0, 0.1) is 5.41 Å². The lowest BCUT2D eigenvalue weighted by Crippen LogP contribution is -2.47. The number of fused-ring (bicyclic) bond motifs is 1. The number of benzene rings is 2. The lowest BCUT2D eigenvalue weighted by atomic mass is 9.74. The van der Waals surface area contributed by atoms with Gasteiger partial charge in [-0.2, -0.15) is 0 Å². The number of aromatic nitrogens is 1. The smallest absolute Gasteiger partial charge is 0.323 e. The molecule has 1 aromatic heterocycles.